The molecular weight excluding hydrogens is 282 g/mol. The highest BCUT2D eigenvalue weighted by molar-refractivity contribution is 7.03. The van der Waals surface area contributed by atoms with Gasteiger partial charge in [0, 0.05) is 19.3 Å². The quantitative estimate of drug-likeness (QED) is 0.843. The monoisotopic (exact) mass is 299 g/mol. The number of nitrogens with two attached hydrogens (primary N) is 1. The second kappa shape index (κ2) is 4.64. The van der Waals surface area contributed by atoms with E-state index in [0.29, 0.717) is 11.4 Å². The minimum Gasteiger partial charge on any atom is -0.384 e. The second-order valence-corrected chi connectivity index (χ2v) is 6.25. The Morgan fingerprint density at radius 3 is 2.71 bits per heavy atom. The molecule has 0 fully saturated rings. The molecule has 0 radical (unpaired) electrons. The molecule has 108 valence electrons. The third-order valence-corrected chi connectivity index (χ3v) is 5.07. The Labute approximate surface area is 127 Å². The van der Waals surface area contributed by atoms with Gasteiger partial charge in [0.2, 0.25) is 0 Å². The predicted molar refractivity (Wildman–Crippen MR) is 84.9 cm³/mol. The summed E-state index contributed by atoms with van der Waals surface area (Å²) in [7, 11) is 2.04. The Kier molecular flexibility index (Phi) is 3.03. The lowest BCUT2D eigenvalue weighted by atomic mass is 10.2. The largest absolute Gasteiger partial charge is 0.384 e. The summed E-state index contributed by atoms with van der Waals surface area (Å²) in [5.74, 6) is 1.51. The van der Waals surface area contributed by atoms with E-state index in [4.69, 9.17) is 5.73 Å². The summed E-state index contributed by atoms with van der Waals surface area (Å²) >= 11 is 1.51. The molecule has 21 heavy (non-hydrogen) atoms. The second-order valence-electron chi connectivity index (χ2n) is 5.45. The molecule has 2 N–H and O–H groups in total. The lowest BCUT2D eigenvalue weighted by molar-refractivity contribution is 0.501. The van der Waals surface area contributed by atoms with Crippen molar-refractivity contribution >= 4 is 28.7 Å². The van der Waals surface area contributed by atoms with Crippen molar-refractivity contribution in [1.29, 1.82) is 5.26 Å². The fourth-order valence-corrected chi connectivity index (χ4v) is 3.68. The number of aromatic nitrogens is 2. The molecule has 0 aliphatic carbocycles. The zero-order chi connectivity index (χ0) is 15.3. The van der Waals surface area contributed by atoms with E-state index in [1.165, 1.54) is 21.6 Å². The number of hydrogen-bond acceptors (Lipinski definition) is 5. The Hall–Kier alpha value is -2.26. The van der Waals surface area contributed by atoms with Crippen LogP contribution in [0.1, 0.15) is 23.7 Å². The fourth-order valence-electron chi connectivity index (χ4n) is 2.95. The summed E-state index contributed by atoms with van der Waals surface area (Å²) in [5.41, 5.74) is 10.0. The number of rotatable bonds is 1. The number of anilines is 1. The normalized spacial score (nSPS) is 14.3. The van der Waals surface area contributed by atoms with Gasteiger partial charge in [-0.25, -0.2) is 0 Å². The SMILES string of the molecule is CC1=c2sncc2=C(n2c(C)c(C)c(C#N)c2N)N(C)C1. The van der Waals surface area contributed by atoms with Crippen molar-refractivity contribution in [2.75, 3.05) is 19.3 Å². The van der Waals surface area contributed by atoms with Gasteiger partial charge in [0.05, 0.1) is 21.5 Å². The summed E-state index contributed by atoms with van der Waals surface area (Å²) in [4.78, 5) is 2.16. The zero-order valence-corrected chi connectivity index (χ0v) is 13.4. The molecule has 2 aromatic rings. The molecule has 0 bridgehead atoms. The third-order valence-electron chi connectivity index (χ3n) is 4.11. The van der Waals surface area contributed by atoms with Crippen LogP contribution in [0.2, 0.25) is 0 Å². The van der Waals surface area contributed by atoms with E-state index in [0.717, 1.165) is 28.8 Å². The van der Waals surface area contributed by atoms with Crippen molar-refractivity contribution in [2.45, 2.75) is 20.8 Å². The van der Waals surface area contributed by atoms with Gasteiger partial charge in [-0.05, 0) is 43.4 Å². The van der Waals surface area contributed by atoms with E-state index in [1.54, 1.807) is 0 Å². The maximum Gasteiger partial charge on any atom is 0.127 e. The summed E-state index contributed by atoms with van der Waals surface area (Å²) in [6.07, 6.45) is 1.88. The third kappa shape index (κ3) is 1.78. The van der Waals surface area contributed by atoms with Crippen LogP contribution in [0.15, 0.2) is 6.20 Å². The van der Waals surface area contributed by atoms with E-state index >= 15 is 0 Å². The van der Waals surface area contributed by atoms with E-state index < -0.39 is 0 Å². The molecule has 5 nitrogen and oxygen atoms in total. The van der Waals surface area contributed by atoms with Crippen molar-refractivity contribution in [1.82, 2.24) is 13.8 Å². The van der Waals surface area contributed by atoms with Crippen molar-refractivity contribution < 1.29 is 0 Å². The lowest BCUT2D eigenvalue weighted by Gasteiger charge is -2.28. The van der Waals surface area contributed by atoms with Gasteiger partial charge in [-0.15, -0.1) is 0 Å². The molecule has 3 rings (SSSR count). The standard InChI is InChI=1S/C15H17N5S/c1-8-7-19(4)15(12-6-18-21-13(8)12)20-10(3)9(2)11(5-16)14(20)17/h6H,7,17H2,1-4H3. The van der Waals surface area contributed by atoms with E-state index in [2.05, 4.69) is 22.3 Å². The molecule has 3 heterocycles. The van der Waals surface area contributed by atoms with Crippen LogP contribution in [0.5, 0.6) is 0 Å². The average Bonchev–Trinajstić information content (AvgIpc) is 2.99. The first kappa shape index (κ1) is 13.7. The molecule has 1 aliphatic rings. The smallest absolute Gasteiger partial charge is 0.127 e. The molecule has 1 aliphatic heterocycles. The van der Waals surface area contributed by atoms with Gasteiger partial charge in [0.15, 0.2) is 0 Å². The average molecular weight is 299 g/mol. The maximum atomic E-state index is 9.32. The first-order valence-electron chi connectivity index (χ1n) is 6.71. The van der Waals surface area contributed by atoms with Crippen LogP contribution in [0.3, 0.4) is 0 Å². The van der Waals surface area contributed by atoms with E-state index in [1.807, 2.05) is 31.7 Å². The fraction of sp³-hybridized carbons (Fsp3) is 0.333. The van der Waals surface area contributed by atoms with Crippen LogP contribution in [0.4, 0.5) is 5.82 Å². The molecule has 0 saturated heterocycles. The Morgan fingerprint density at radius 2 is 2.10 bits per heavy atom. The van der Waals surface area contributed by atoms with Crippen LogP contribution in [0.25, 0.3) is 11.4 Å². The zero-order valence-electron chi connectivity index (χ0n) is 12.6. The van der Waals surface area contributed by atoms with Gasteiger partial charge in [-0.3, -0.25) is 4.57 Å². The summed E-state index contributed by atoms with van der Waals surface area (Å²) < 4.78 is 7.51. The minimum absolute atomic E-state index is 0.506. The summed E-state index contributed by atoms with van der Waals surface area (Å²) in [6, 6.07) is 2.21. The van der Waals surface area contributed by atoms with Gasteiger partial charge >= 0.3 is 0 Å². The maximum absolute atomic E-state index is 9.32. The van der Waals surface area contributed by atoms with Crippen molar-refractivity contribution in [3.8, 4) is 6.07 Å². The molecule has 6 heteroatoms. The van der Waals surface area contributed by atoms with Crippen LogP contribution < -0.4 is 15.5 Å². The minimum atomic E-state index is 0.506. The van der Waals surface area contributed by atoms with Gasteiger partial charge in [-0.1, -0.05) is 0 Å². The van der Waals surface area contributed by atoms with Crippen molar-refractivity contribution in [2.24, 2.45) is 0 Å². The van der Waals surface area contributed by atoms with Crippen LogP contribution in [0, 0.1) is 25.2 Å². The molecule has 0 spiro atoms. The Morgan fingerprint density at radius 1 is 1.38 bits per heavy atom. The lowest BCUT2D eigenvalue weighted by Crippen LogP contribution is -2.41. The van der Waals surface area contributed by atoms with Crippen molar-refractivity contribution in [3.63, 3.8) is 0 Å². The highest BCUT2D eigenvalue weighted by Gasteiger charge is 2.23. The number of nitriles is 1. The topological polar surface area (TPSA) is 70.9 Å². The van der Waals surface area contributed by atoms with Crippen molar-refractivity contribution in [3.05, 3.63) is 32.8 Å². The first-order valence-corrected chi connectivity index (χ1v) is 7.48. The Balaban J connectivity index is 2.47. The van der Waals surface area contributed by atoms with Gasteiger partial charge < -0.3 is 10.6 Å². The van der Waals surface area contributed by atoms with Crippen LogP contribution in [-0.2, 0) is 0 Å². The number of fused-ring (bicyclic) bond motifs is 1. The summed E-state index contributed by atoms with van der Waals surface area (Å²) in [5, 5.41) is 10.4. The summed E-state index contributed by atoms with van der Waals surface area (Å²) in [6.45, 7) is 6.90. The number of nitrogen functional groups attached to an aromatic ring is 1. The Bertz CT molecular complexity index is 894. The molecule has 0 amide bonds. The molecule has 0 saturated carbocycles. The molecular formula is C15H17N5S. The molecule has 2 aromatic heterocycles. The molecule has 0 unspecified atom stereocenters. The van der Waals surface area contributed by atoms with Crippen LogP contribution in [-0.4, -0.2) is 27.4 Å². The number of nitrogens with zero attached hydrogens (tertiary/aromatic N) is 4. The van der Waals surface area contributed by atoms with Crippen LogP contribution >= 0.6 is 11.5 Å². The van der Waals surface area contributed by atoms with Gasteiger partial charge in [0.1, 0.15) is 17.7 Å². The number of hydrogen-bond donors (Lipinski definition) is 1. The van der Waals surface area contributed by atoms with E-state index in [-0.39, 0.29) is 0 Å². The molecule has 0 aromatic carbocycles. The highest BCUT2D eigenvalue weighted by Crippen LogP contribution is 2.27. The van der Waals surface area contributed by atoms with Gasteiger partial charge in [-0.2, -0.15) is 9.64 Å². The first-order chi connectivity index (χ1) is 9.97. The highest BCUT2D eigenvalue weighted by atomic mass is 32.1. The van der Waals surface area contributed by atoms with E-state index in [9.17, 15) is 5.26 Å². The molecule has 0 atom stereocenters. The predicted octanol–water partition coefficient (Wildman–Crippen LogP) is 0.745. The van der Waals surface area contributed by atoms with Gasteiger partial charge in [0.25, 0.3) is 0 Å².